The van der Waals surface area contributed by atoms with Crippen LogP contribution in [-0.4, -0.2) is 41.0 Å². The highest BCUT2D eigenvalue weighted by atomic mass is 16.5. The fourth-order valence-corrected chi connectivity index (χ4v) is 0.488. The summed E-state index contributed by atoms with van der Waals surface area (Å²) < 4.78 is 4.59. The average molecular weight is 180 g/mol. The standard InChI is InChI=1S/C7H14O4.H2O/c1-2-3-4-11-7(10)6(9)5-8;/h6,8-9H,2-5H2,1H3;1H2. The number of esters is 1. The summed E-state index contributed by atoms with van der Waals surface area (Å²) in [6, 6.07) is 0. The van der Waals surface area contributed by atoms with Gasteiger partial charge in [-0.25, -0.2) is 4.79 Å². The Morgan fingerprint density at radius 1 is 1.58 bits per heavy atom. The molecule has 12 heavy (non-hydrogen) atoms. The lowest BCUT2D eigenvalue weighted by molar-refractivity contribution is -0.155. The van der Waals surface area contributed by atoms with E-state index in [0.717, 1.165) is 12.8 Å². The van der Waals surface area contributed by atoms with Crippen LogP contribution in [0.4, 0.5) is 0 Å². The zero-order valence-corrected chi connectivity index (χ0v) is 7.12. The Labute approximate surface area is 71.3 Å². The summed E-state index contributed by atoms with van der Waals surface area (Å²) in [5.41, 5.74) is 0. The molecule has 0 amide bonds. The van der Waals surface area contributed by atoms with Crippen molar-refractivity contribution in [3.63, 3.8) is 0 Å². The molecule has 0 fully saturated rings. The molecular formula is C7H16O5. The van der Waals surface area contributed by atoms with Gasteiger partial charge in [0.25, 0.3) is 0 Å². The van der Waals surface area contributed by atoms with Gasteiger partial charge in [0.05, 0.1) is 13.2 Å². The first-order valence-electron chi connectivity index (χ1n) is 3.68. The van der Waals surface area contributed by atoms with E-state index in [2.05, 4.69) is 4.74 Å². The Kier molecular flexibility index (Phi) is 9.79. The van der Waals surface area contributed by atoms with Crippen molar-refractivity contribution < 1.29 is 25.2 Å². The predicted molar refractivity (Wildman–Crippen MR) is 42.6 cm³/mol. The van der Waals surface area contributed by atoms with Crippen LogP contribution in [0.15, 0.2) is 0 Å². The summed E-state index contributed by atoms with van der Waals surface area (Å²) in [5, 5.41) is 17.0. The third-order valence-corrected chi connectivity index (χ3v) is 1.19. The Morgan fingerprint density at radius 2 is 2.17 bits per heavy atom. The molecule has 0 aliphatic rings. The maximum atomic E-state index is 10.6. The fraction of sp³-hybridized carbons (Fsp3) is 0.857. The topological polar surface area (TPSA) is 98.3 Å². The normalized spacial score (nSPS) is 11.6. The Morgan fingerprint density at radius 3 is 2.58 bits per heavy atom. The van der Waals surface area contributed by atoms with Crippen LogP contribution in [0.5, 0.6) is 0 Å². The maximum Gasteiger partial charge on any atom is 0.337 e. The van der Waals surface area contributed by atoms with Crippen molar-refractivity contribution in [2.24, 2.45) is 0 Å². The second-order valence-electron chi connectivity index (χ2n) is 2.22. The van der Waals surface area contributed by atoms with Crippen LogP contribution in [0.2, 0.25) is 0 Å². The number of carbonyl (C=O) groups excluding carboxylic acids is 1. The molecule has 74 valence electrons. The molecule has 5 heteroatoms. The quantitative estimate of drug-likeness (QED) is 0.412. The van der Waals surface area contributed by atoms with E-state index in [-0.39, 0.29) is 5.48 Å². The summed E-state index contributed by atoms with van der Waals surface area (Å²) in [6.07, 6.45) is 0.332. The van der Waals surface area contributed by atoms with E-state index in [4.69, 9.17) is 10.2 Å². The summed E-state index contributed by atoms with van der Waals surface area (Å²) in [6.45, 7) is 1.70. The van der Waals surface area contributed by atoms with E-state index >= 15 is 0 Å². The highest BCUT2D eigenvalue weighted by Crippen LogP contribution is 1.91. The van der Waals surface area contributed by atoms with Crippen molar-refractivity contribution in [3.8, 4) is 0 Å². The molecule has 0 aromatic rings. The van der Waals surface area contributed by atoms with Gasteiger partial charge in [0.15, 0.2) is 6.10 Å². The summed E-state index contributed by atoms with van der Waals surface area (Å²) in [4.78, 5) is 10.6. The lowest BCUT2D eigenvalue weighted by Gasteiger charge is -2.06. The monoisotopic (exact) mass is 180 g/mol. The van der Waals surface area contributed by atoms with Crippen molar-refractivity contribution in [1.29, 1.82) is 0 Å². The Bertz CT molecular complexity index is 114. The van der Waals surface area contributed by atoms with Crippen molar-refractivity contribution in [3.05, 3.63) is 0 Å². The van der Waals surface area contributed by atoms with Gasteiger partial charge in [0, 0.05) is 0 Å². The molecule has 0 bridgehead atoms. The average Bonchev–Trinajstić information content (AvgIpc) is 2.03. The van der Waals surface area contributed by atoms with Gasteiger partial charge in [-0.1, -0.05) is 13.3 Å². The third-order valence-electron chi connectivity index (χ3n) is 1.19. The minimum Gasteiger partial charge on any atom is -0.464 e. The van der Waals surface area contributed by atoms with E-state index < -0.39 is 18.7 Å². The summed E-state index contributed by atoms with van der Waals surface area (Å²) in [7, 11) is 0. The molecule has 0 aromatic carbocycles. The molecule has 0 heterocycles. The van der Waals surface area contributed by atoms with Crippen LogP contribution in [0.3, 0.4) is 0 Å². The largest absolute Gasteiger partial charge is 0.464 e. The zero-order valence-electron chi connectivity index (χ0n) is 7.12. The van der Waals surface area contributed by atoms with E-state index in [1.165, 1.54) is 0 Å². The van der Waals surface area contributed by atoms with Gasteiger partial charge < -0.3 is 20.4 Å². The van der Waals surface area contributed by atoms with Crippen molar-refractivity contribution in [2.75, 3.05) is 13.2 Å². The van der Waals surface area contributed by atoms with Gasteiger partial charge in [-0.3, -0.25) is 0 Å². The minimum absolute atomic E-state index is 0. The number of aliphatic hydroxyl groups is 2. The SMILES string of the molecule is CCCCOC(=O)C(O)CO.O. The molecule has 0 saturated heterocycles. The second-order valence-corrected chi connectivity index (χ2v) is 2.22. The van der Waals surface area contributed by atoms with Crippen LogP contribution in [0.1, 0.15) is 19.8 Å². The molecule has 0 aromatic heterocycles. The van der Waals surface area contributed by atoms with Crippen molar-refractivity contribution in [2.45, 2.75) is 25.9 Å². The lowest BCUT2D eigenvalue weighted by Crippen LogP contribution is -2.26. The van der Waals surface area contributed by atoms with E-state index in [0.29, 0.717) is 6.61 Å². The molecular weight excluding hydrogens is 164 g/mol. The first-order valence-corrected chi connectivity index (χ1v) is 3.68. The second kappa shape index (κ2) is 8.45. The molecule has 1 atom stereocenters. The van der Waals surface area contributed by atoms with Crippen LogP contribution in [0, 0.1) is 0 Å². The van der Waals surface area contributed by atoms with E-state index in [1.807, 2.05) is 6.92 Å². The smallest absolute Gasteiger partial charge is 0.337 e. The van der Waals surface area contributed by atoms with Gasteiger partial charge in [-0.05, 0) is 6.42 Å². The Hall–Kier alpha value is -0.650. The Balaban J connectivity index is 0. The molecule has 5 nitrogen and oxygen atoms in total. The number of hydrogen-bond acceptors (Lipinski definition) is 4. The molecule has 0 spiro atoms. The van der Waals surface area contributed by atoms with Crippen LogP contribution in [0.25, 0.3) is 0 Å². The van der Waals surface area contributed by atoms with Gasteiger partial charge in [-0.15, -0.1) is 0 Å². The molecule has 1 unspecified atom stereocenters. The number of hydrogen-bond donors (Lipinski definition) is 2. The predicted octanol–water partition coefficient (Wildman–Crippen LogP) is -1.14. The zero-order chi connectivity index (χ0) is 8.69. The maximum absolute atomic E-state index is 10.6. The molecule has 0 aliphatic heterocycles. The number of unbranched alkanes of at least 4 members (excludes halogenated alkanes) is 1. The van der Waals surface area contributed by atoms with Gasteiger partial charge in [-0.2, -0.15) is 0 Å². The minimum atomic E-state index is -1.38. The summed E-state index contributed by atoms with van der Waals surface area (Å²) in [5.74, 6) is -0.749. The van der Waals surface area contributed by atoms with Crippen molar-refractivity contribution in [1.82, 2.24) is 0 Å². The lowest BCUT2D eigenvalue weighted by atomic mass is 10.3. The van der Waals surface area contributed by atoms with Crippen LogP contribution < -0.4 is 0 Å². The van der Waals surface area contributed by atoms with Gasteiger partial charge in [0.1, 0.15) is 0 Å². The number of carbonyl (C=O) groups is 1. The van der Waals surface area contributed by atoms with Gasteiger partial charge in [0.2, 0.25) is 0 Å². The highest BCUT2D eigenvalue weighted by Gasteiger charge is 2.13. The third kappa shape index (κ3) is 6.09. The first-order chi connectivity index (χ1) is 5.22. The van der Waals surface area contributed by atoms with Crippen LogP contribution in [-0.2, 0) is 9.53 Å². The fourth-order valence-electron chi connectivity index (χ4n) is 0.488. The number of ether oxygens (including phenoxy) is 1. The van der Waals surface area contributed by atoms with Crippen molar-refractivity contribution >= 4 is 5.97 Å². The van der Waals surface area contributed by atoms with Crippen LogP contribution >= 0.6 is 0 Å². The summed E-state index contributed by atoms with van der Waals surface area (Å²) >= 11 is 0. The molecule has 4 N–H and O–H groups in total. The van der Waals surface area contributed by atoms with E-state index in [9.17, 15) is 4.79 Å². The van der Waals surface area contributed by atoms with E-state index in [1.54, 1.807) is 0 Å². The van der Waals surface area contributed by atoms with Gasteiger partial charge >= 0.3 is 5.97 Å². The highest BCUT2D eigenvalue weighted by molar-refractivity contribution is 5.74. The number of rotatable bonds is 5. The molecule has 0 radical (unpaired) electrons. The molecule has 0 saturated carbocycles. The molecule has 0 aliphatic carbocycles. The number of aliphatic hydroxyl groups excluding tert-OH is 2. The first kappa shape index (κ1) is 13.9. The molecule has 0 rings (SSSR count).